The molecule has 3 aliphatic rings. The van der Waals surface area contributed by atoms with Crippen molar-refractivity contribution in [3.63, 3.8) is 0 Å². The third kappa shape index (κ3) is 4.98. The molecule has 3 rings (SSSR count). The van der Waals surface area contributed by atoms with E-state index in [9.17, 15) is 5.11 Å². The molecule has 0 aromatic carbocycles. The molecule has 3 fully saturated rings. The summed E-state index contributed by atoms with van der Waals surface area (Å²) < 4.78 is 24.4. The standard InChI is InChI=1S/C28H44O/c1-19(2)20(3)9-10-22(5)26-15-16-27-23(8-7-17-28(26,27)6)12-13-24-18-25(29)14-11-21(24)4/h9-10,12-13,19-20,22,25-27,29H,4,7-8,11,14-18H2,1-3,5-6H3/b10-9+,23-12+,24-13-/t20-,22+,25-,26+,27?,28+/m0/s1/i4D2,13D. The minimum Gasteiger partial charge on any atom is -0.393 e. The van der Waals surface area contributed by atoms with Crippen LogP contribution in [0.4, 0.5) is 0 Å². The van der Waals surface area contributed by atoms with Gasteiger partial charge < -0.3 is 5.11 Å². The zero-order valence-corrected chi connectivity index (χ0v) is 19.3. The molecule has 3 saturated carbocycles. The van der Waals surface area contributed by atoms with E-state index in [4.69, 9.17) is 4.11 Å². The fraction of sp³-hybridized carbons (Fsp3) is 0.714. The van der Waals surface area contributed by atoms with E-state index >= 15 is 0 Å². The number of rotatable bonds is 5. The molecule has 0 heterocycles. The Bertz CT molecular complexity index is 801. The number of hydrogen-bond acceptors (Lipinski definition) is 1. The van der Waals surface area contributed by atoms with Gasteiger partial charge >= 0.3 is 0 Å². The average molecular weight is 400 g/mol. The molecule has 0 bridgehead atoms. The Balaban J connectivity index is 1.85. The van der Waals surface area contributed by atoms with Crippen molar-refractivity contribution in [2.24, 2.45) is 35.0 Å². The van der Waals surface area contributed by atoms with E-state index in [1.54, 1.807) is 0 Å². The van der Waals surface area contributed by atoms with Gasteiger partial charge in [-0.25, -0.2) is 0 Å². The van der Waals surface area contributed by atoms with Gasteiger partial charge in [0.1, 0.15) is 0 Å². The van der Waals surface area contributed by atoms with Crippen LogP contribution in [0.3, 0.4) is 0 Å². The van der Waals surface area contributed by atoms with Gasteiger partial charge in [0.2, 0.25) is 0 Å². The summed E-state index contributed by atoms with van der Waals surface area (Å²) in [6, 6.07) is 0.428. The zero-order valence-electron chi connectivity index (χ0n) is 22.3. The number of aliphatic hydroxyl groups is 1. The van der Waals surface area contributed by atoms with Crippen molar-refractivity contribution in [1.29, 1.82) is 0 Å². The lowest BCUT2D eigenvalue weighted by Gasteiger charge is -2.44. The molecule has 29 heavy (non-hydrogen) atoms. The molecule has 6 atom stereocenters. The van der Waals surface area contributed by atoms with E-state index in [1.165, 1.54) is 31.3 Å². The van der Waals surface area contributed by atoms with Gasteiger partial charge in [-0.3, -0.25) is 0 Å². The molecular formula is C28H44O. The van der Waals surface area contributed by atoms with Gasteiger partial charge in [-0.2, -0.15) is 0 Å². The minimum atomic E-state index is -0.458. The van der Waals surface area contributed by atoms with E-state index in [0.29, 0.717) is 60.5 Å². The summed E-state index contributed by atoms with van der Waals surface area (Å²) in [6.07, 6.45) is 13.9. The molecule has 3 aliphatic carbocycles. The summed E-state index contributed by atoms with van der Waals surface area (Å²) in [5, 5.41) is 10.2. The summed E-state index contributed by atoms with van der Waals surface area (Å²) in [5.74, 6) is 3.04. The second kappa shape index (κ2) is 9.38. The van der Waals surface area contributed by atoms with E-state index in [-0.39, 0.29) is 11.9 Å². The van der Waals surface area contributed by atoms with Crippen molar-refractivity contribution in [3.8, 4) is 0 Å². The van der Waals surface area contributed by atoms with Gasteiger partial charge in [0.25, 0.3) is 0 Å². The van der Waals surface area contributed by atoms with Crippen LogP contribution in [0, 0.1) is 35.0 Å². The predicted octanol–water partition coefficient (Wildman–Crippen LogP) is 7.64. The maximum absolute atomic E-state index is 10.2. The van der Waals surface area contributed by atoms with Crippen LogP contribution in [-0.2, 0) is 0 Å². The lowest BCUT2D eigenvalue weighted by molar-refractivity contribution is 0.112. The summed E-state index contributed by atoms with van der Waals surface area (Å²) in [6.45, 7) is 11.6. The highest BCUT2D eigenvalue weighted by Crippen LogP contribution is 2.59. The molecule has 1 heteroatoms. The second-order valence-electron chi connectivity index (χ2n) is 10.7. The monoisotopic (exact) mass is 399 g/mol. The molecule has 0 aromatic rings. The maximum Gasteiger partial charge on any atom is 0.0626 e. The Morgan fingerprint density at radius 3 is 2.69 bits per heavy atom. The van der Waals surface area contributed by atoms with Crippen LogP contribution in [0.25, 0.3) is 0 Å². The van der Waals surface area contributed by atoms with Crippen molar-refractivity contribution in [2.45, 2.75) is 92.1 Å². The topological polar surface area (TPSA) is 20.2 Å². The van der Waals surface area contributed by atoms with Gasteiger partial charge in [0.05, 0.1) is 10.2 Å². The quantitative estimate of drug-likeness (QED) is 0.471. The van der Waals surface area contributed by atoms with Crippen molar-refractivity contribution in [3.05, 3.63) is 47.5 Å². The van der Waals surface area contributed by atoms with Gasteiger partial charge in [0.15, 0.2) is 0 Å². The van der Waals surface area contributed by atoms with Crippen molar-refractivity contribution >= 4 is 0 Å². The molecule has 1 unspecified atom stereocenters. The molecule has 0 spiro atoms. The van der Waals surface area contributed by atoms with Crippen LogP contribution in [0.5, 0.6) is 0 Å². The molecule has 0 amide bonds. The highest BCUT2D eigenvalue weighted by atomic mass is 16.3. The Kier molecular flexibility index (Phi) is 6.04. The summed E-state index contributed by atoms with van der Waals surface area (Å²) in [7, 11) is 0. The van der Waals surface area contributed by atoms with E-state index < -0.39 is 6.10 Å². The minimum absolute atomic E-state index is 0.194. The van der Waals surface area contributed by atoms with Crippen LogP contribution in [0.1, 0.15) is 90.1 Å². The Morgan fingerprint density at radius 2 is 1.97 bits per heavy atom. The second-order valence-corrected chi connectivity index (χ2v) is 10.7. The van der Waals surface area contributed by atoms with Gasteiger partial charge in [0, 0.05) is 0 Å². The van der Waals surface area contributed by atoms with Crippen LogP contribution in [-0.4, -0.2) is 11.2 Å². The maximum atomic E-state index is 10.2. The van der Waals surface area contributed by atoms with E-state index in [2.05, 4.69) is 52.8 Å². The number of fused-ring (bicyclic) bond motifs is 1. The van der Waals surface area contributed by atoms with Crippen LogP contribution in [0.2, 0.25) is 0 Å². The normalized spacial score (nSPS) is 39.8. The zero-order chi connectivity index (χ0) is 23.6. The first-order chi connectivity index (χ1) is 15.0. The third-order valence-corrected chi connectivity index (χ3v) is 8.41. The molecule has 162 valence electrons. The Labute approximate surface area is 184 Å². The van der Waals surface area contributed by atoms with Crippen molar-refractivity contribution in [1.82, 2.24) is 0 Å². The lowest BCUT2D eigenvalue weighted by atomic mass is 9.61. The molecule has 0 radical (unpaired) electrons. The summed E-state index contributed by atoms with van der Waals surface area (Å²) >= 11 is 0. The fourth-order valence-electron chi connectivity index (χ4n) is 6.07. The molecule has 0 aliphatic heterocycles. The van der Waals surface area contributed by atoms with Crippen molar-refractivity contribution < 1.29 is 9.22 Å². The SMILES string of the molecule is [2H]C([2H])=C1CC[C@H](O)C/C1=C([2H])/C=C1\CCC[C@@]2(C)C1CC[C@@H]2[C@H](C)/C=C/[C@H](C)C(C)C. The lowest BCUT2D eigenvalue weighted by Crippen LogP contribution is -2.35. The highest BCUT2D eigenvalue weighted by Gasteiger charge is 2.50. The average Bonchev–Trinajstić information content (AvgIpc) is 3.09. The highest BCUT2D eigenvalue weighted by molar-refractivity contribution is 5.36. The van der Waals surface area contributed by atoms with Crippen LogP contribution < -0.4 is 0 Å². The van der Waals surface area contributed by atoms with Gasteiger partial charge in [-0.1, -0.05) is 76.6 Å². The van der Waals surface area contributed by atoms with Gasteiger partial charge in [-0.15, -0.1) is 0 Å². The first kappa shape index (κ1) is 18.7. The molecule has 0 saturated heterocycles. The number of allylic oxidation sites excluding steroid dienone is 6. The van der Waals surface area contributed by atoms with Gasteiger partial charge in [-0.05, 0) is 91.9 Å². The molecule has 1 N–H and O–H groups in total. The predicted molar refractivity (Wildman–Crippen MR) is 126 cm³/mol. The fourth-order valence-corrected chi connectivity index (χ4v) is 6.07. The molecular weight excluding hydrogens is 352 g/mol. The molecule has 1 nitrogen and oxygen atoms in total. The summed E-state index contributed by atoms with van der Waals surface area (Å²) in [5.41, 5.74) is 3.04. The Hall–Kier alpha value is -1.08. The smallest absolute Gasteiger partial charge is 0.0626 e. The largest absolute Gasteiger partial charge is 0.393 e. The third-order valence-electron chi connectivity index (χ3n) is 8.41. The summed E-state index contributed by atoms with van der Waals surface area (Å²) in [4.78, 5) is 0. The Morgan fingerprint density at radius 1 is 1.17 bits per heavy atom. The number of hydrogen-bond donors (Lipinski definition) is 1. The van der Waals surface area contributed by atoms with E-state index in [0.717, 1.165) is 12.0 Å². The number of aliphatic hydroxyl groups excluding tert-OH is 1. The van der Waals surface area contributed by atoms with Crippen LogP contribution in [0.15, 0.2) is 47.5 Å². The first-order valence-electron chi connectivity index (χ1n) is 13.5. The molecule has 0 aromatic heterocycles. The van der Waals surface area contributed by atoms with Crippen LogP contribution >= 0.6 is 0 Å². The first-order valence-corrected chi connectivity index (χ1v) is 12.0. The van der Waals surface area contributed by atoms with Crippen molar-refractivity contribution in [2.75, 3.05) is 0 Å². The van der Waals surface area contributed by atoms with E-state index in [1.807, 2.05) is 0 Å².